The van der Waals surface area contributed by atoms with Gasteiger partial charge in [0.25, 0.3) is 5.91 Å². The molecule has 0 saturated heterocycles. The van der Waals surface area contributed by atoms with Gasteiger partial charge < -0.3 is 41.2 Å². The molecular formula is C38H57ClN8O5. The molecule has 5 rings (SSSR count). The highest BCUT2D eigenvalue weighted by Crippen LogP contribution is 2.30. The van der Waals surface area contributed by atoms with Gasteiger partial charge in [0, 0.05) is 67.8 Å². The van der Waals surface area contributed by atoms with E-state index in [-0.39, 0.29) is 36.2 Å². The number of carbonyl (C=O) groups is 2. The minimum atomic E-state index is -0.146. The Morgan fingerprint density at radius 3 is 2.17 bits per heavy atom. The highest BCUT2D eigenvalue weighted by atomic mass is 35.5. The largest absolute Gasteiger partial charge is 0.382 e. The van der Waals surface area contributed by atoms with E-state index in [9.17, 15) is 9.59 Å². The Bertz CT molecular complexity index is 1510. The molecule has 14 heteroatoms. The van der Waals surface area contributed by atoms with Crippen molar-refractivity contribution in [2.24, 2.45) is 11.7 Å². The number of nitrogens with two attached hydrogens (primary N) is 1. The molecule has 2 aliphatic carbocycles. The second-order valence-corrected chi connectivity index (χ2v) is 13.5. The number of rotatable bonds is 24. The van der Waals surface area contributed by atoms with Crippen molar-refractivity contribution in [3.8, 4) is 0 Å². The smallest absolute Gasteiger partial charge is 0.255 e. The third-order valence-electron chi connectivity index (χ3n) is 9.27. The third kappa shape index (κ3) is 14.4. The highest BCUT2D eigenvalue weighted by Gasteiger charge is 2.29. The van der Waals surface area contributed by atoms with Crippen LogP contribution in [0.3, 0.4) is 0 Å². The Labute approximate surface area is 313 Å². The Morgan fingerprint density at radius 1 is 0.769 bits per heavy atom. The zero-order chi connectivity index (χ0) is 35.5. The van der Waals surface area contributed by atoms with Gasteiger partial charge in [0.2, 0.25) is 5.91 Å². The van der Waals surface area contributed by atoms with Gasteiger partial charge in [0.1, 0.15) is 11.6 Å². The number of unbranched alkanes of at least 4 members (excludes halogenated alkanes) is 4. The Balaban J connectivity index is 0.00000605. The van der Waals surface area contributed by atoms with Crippen molar-refractivity contribution in [3.05, 3.63) is 48.4 Å². The van der Waals surface area contributed by atoms with E-state index < -0.39 is 0 Å². The van der Waals surface area contributed by atoms with Crippen LogP contribution in [0.2, 0.25) is 0 Å². The molecule has 52 heavy (non-hydrogen) atoms. The molecule has 2 amide bonds. The van der Waals surface area contributed by atoms with Crippen molar-refractivity contribution < 1.29 is 23.8 Å². The van der Waals surface area contributed by atoms with E-state index in [2.05, 4.69) is 36.2 Å². The molecular weight excluding hydrogens is 684 g/mol. The van der Waals surface area contributed by atoms with Gasteiger partial charge in [0.05, 0.1) is 43.2 Å². The average molecular weight is 741 g/mol. The van der Waals surface area contributed by atoms with Crippen molar-refractivity contribution in [3.63, 3.8) is 0 Å². The van der Waals surface area contributed by atoms with E-state index in [1.165, 1.54) is 0 Å². The SMILES string of the molecule is Cl.NCCCCCOCCOCCOCCCCCNC(=O)C1CCC(NC(=O)c2cnc(Nc3ccc4cnccc4n3)cc2NC2CC2)CC1. The molecule has 3 heterocycles. The monoisotopic (exact) mass is 740 g/mol. The third-order valence-corrected chi connectivity index (χ3v) is 9.27. The van der Waals surface area contributed by atoms with Crippen molar-refractivity contribution in [1.82, 2.24) is 25.6 Å². The summed E-state index contributed by atoms with van der Waals surface area (Å²) in [4.78, 5) is 39.6. The number of amides is 2. The van der Waals surface area contributed by atoms with Crippen molar-refractivity contribution >= 4 is 52.4 Å². The van der Waals surface area contributed by atoms with E-state index in [1.54, 1.807) is 18.6 Å². The summed E-state index contributed by atoms with van der Waals surface area (Å²) >= 11 is 0. The topological polar surface area (TPSA) is 175 Å². The minimum Gasteiger partial charge on any atom is -0.382 e. The number of fused-ring (bicyclic) bond motifs is 1. The van der Waals surface area contributed by atoms with Gasteiger partial charge in [-0.15, -0.1) is 12.4 Å². The quantitative estimate of drug-likeness (QED) is 0.0732. The number of aromatic nitrogens is 3. The fraction of sp³-hybridized carbons (Fsp3) is 0.605. The van der Waals surface area contributed by atoms with Gasteiger partial charge in [0.15, 0.2) is 0 Å². The number of anilines is 3. The molecule has 0 atom stereocenters. The first-order valence-corrected chi connectivity index (χ1v) is 18.9. The molecule has 0 spiro atoms. The van der Waals surface area contributed by atoms with Crippen LogP contribution in [0.15, 0.2) is 42.9 Å². The van der Waals surface area contributed by atoms with E-state index in [1.807, 2.05) is 24.3 Å². The number of halogens is 1. The Morgan fingerprint density at radius 2 is 1.46 bits per heavy atom. The summed E-state index contributed by atoms with van der Waals surface area (Å²) < 4.78 is 16.7. The van der Waals surface area contributed by atoms with Crippen LogP contribution in [0.1, 0.15) is 87.4 Å². The van der Waals surface area contributed by atoms with Crippen molar-refractivity contribution in [1.29, 1.82) is 0 Å². The molecule has 3 aromatic rings. The molecule has 0 aromatic carbocycles. The van der Waals surface area contributed by atoms with Crippen LogP contribution in [-0.4, -0.2) is 91.6 Å². The van der Waals surface area contributed by atoms with Gasteiger partial charge in [-0.1, -0.05) is 0 Å². The van der Waals surface area contributed by atoms with E-state index in [0.717, 1.165) is 107 Å². The minimum absolute atomic E-state index is 0. The van der Waals surface area contributed by atoms with Gasteiger partial charge in [-0.3, -0.25) is 14.6 Å². The Hall–Kier alpha value is -3.62. The number of ether oxygens (including phenoxy) is 3. The predicted octanol–water partition coefficient (Wildman–Crippen LogP) is 5.52. The van der Waals surface area contributed by atoms with E-state index >= 15 is 0 Å². The lowest BCUT2D eigenvalue weighted by molar-refractivity contribution is -0.126. The molecule has 0 radical (unpaired) electrons. The summed E-state index contributed by atoms with van der Waals surface area (Å²) in [6, 6.07) is 7.99. The first-order valence-electron chi connectivity index (χ1n) is 18.9. The maximum Gasteiger partial charge on any atom is 0.255 e. The summed E-state index contributed by atoms with van der Waals surface area (Å²) in [5.74, 6) is 1.24. The molecule has 6 N–H and O–H groups in total. The van der Waals surface area contributed by atoms with Gasteiger partial charge in [-0.2, -0.15) is 0 Å². The maximum absolute atomic E-state index is 13.4. The standard InChI is InChI=1S/C38H56N8O5.ClH/c39-16-3-1-5-19-49-21-23-51-24-22-50-20-6-2-4-17-41-37(47)28-7-10-31(11-8-28)44-38(48)32-27-42-36(25-34(32)43-30-12-13-30)46-35-14-9-29-26-40-18-15-33(29)45-35;/h9,14-15,18,25-28,30-31H,1-8,10-13,16-17,19-24,39H2,(H,41,47)(H,44,48)(H2,42,43,45,46);1H. The number of nitrogens with one attached hydrogen (secondary N) is 4. The van der Waals surface area contributed by atoms with Crippen LogP contribution < -0.4 is 27.0 Å². The zero-order valence-corrected chi connectivity index (χ0v) is 31.1. The number of nitrogens with zero attached hydrogens (tertiary/aromatic N) is 3. The summed E-state index contributed by atoms with van der Waals surface area (Å²) in [6.45, 7) is 5.23. The van der Waals surface area contributed by atoms with Gasteiger partial charge in [-0.05, 0) is 102 Å². The van der Waals surface area contributed by atoms with Gasteiger partial charge in [-0.25, -0.2) is 9.97 Å². The first-order chi connectivity index (χ1) is 25.1. The molecule has 286 valence electrons. The molecule has 13 nitrogen and oxygen atoms in total. The Kier molecular flexibility index (Phi) is 18.3. The molecule has 0 bridgehead atoms. The normalized spacial score (nSPS) is 16.9. The van der Waals surface area contributed by atoms with Gasteiger partial charge >= 0.3 is 0 Å². The zero-order valence-electron chi connectivity index (χ0n) is 30.3. The number of carbonyl (C=O) groups excluding carboxylic acids is 2. The number of hydrogen-bond donors (Lipinski definition) is 5. The second kappa shape index (κ2) is 23.1. The summed E-state index contributed by atoms with van der Waals surface area (Å²) in [7, 11) is 0. The first kappa shape index (κ1) is 41.1. The lowest BCUT2D eigenvalue weighted by Crippen LogP contribution is -2.41. The fourth-order valence-electron chi connectivity index (χ4n) is 6.13. The van der Waals surface area contributed by atoms with Crippen LogP contribution in [0, 0.1) is 5.92 Å². The van der Waals surface area contributed by atoms with Crippen LogP contribution in [0.25, 0.3) is 10.9 Å². The molecule has 0 aliphatic heterocycles. The molecule has 2 saturated carbocycles. The predicted molar refractivity (Wildman–Crippen MR) is 206 cm³/mol. The lowest BCUT2D eigenvalue weighted by Gasteiger charge is -2.28. The highest BCUT2D eigenvalue weighted by molar-refractivity contribution is 6.00. The van der Waals surface area contributed by atoms with Crippen LogP contribution in [-0.2, 0) is 19.0 Å². The molecule has 0 unspecified atom stereocenters. The van der Waals surface area contributed by atoms with Crippen molar-refractivity contribution in [2.45, 2.75) is 89.1 Å². The maximum atomic E-state index is 13.4. The molecule has 2 fully saturated rings. The summed E-state index contributed by atoms with van der Waals surface area (Å²) in [5, 5.41) is 14.0. The average Bonchev–Trinajstić information content (AvgIpc) is 3.97. The lowest BCUT2D eigenvalue weighted by atomic mass is 9.85. The second-order valence-electron chi connectivity index (χ2n) is 13.5. The molecule has 3 aromatic heterocycles. The van der Waals surface area contributed by atoms with Crippen molar-refractivity contribution in [2.75, 3.05) is 63.4 Å². The summed E-state index contributed by atoms with van der Waals surface area (Å²) in [6.07, 6.45) is 16.4. The van der Waals surface area contributed by atoms with E-state index in [0.29, 0.717) is 62.8 Å². The summed E-state index contributed by atoms with van der Waals surface area (Å²) in [5.41, 5.74) is 7.60. The number of hydrogen-bond acceptors (Lipinski definition) is 11. The van der Waals surface area contributed by atoms with Crippen LogP contribution in [0.5, 0.6) is 0 Å². The van der Waals surface area contributed by atoms with Crippen LogP contribution >= 0.6 is 12.4 Å². The fourth-order valence-corrected chi connectivity index (χ4v) is 6.13. The number of pyridine rings is 3. The van der Waals surface area contributed by atoms with E-state index in [4.69, 9.17) is 19.9 Å². The van der Waals surface area contributed by atoms with Crippen LogP contribution in [0.4, 0.5) is 17.3 Å². The molecule has 2 aliphatic rings.